The Kier molecular flexibility index (Phi) is 4.28. The summed E-state index contributed by atoms with van der Waals surface area (Å²) in [4.78, 5) is 5.12. The van der Waals surface area contributed by atoms with Gasteiger partial charge in [0.2, 0.25) is 0 Å². The predicted molar refractivity (Wildman–Crippen MR) is 76.0 cm³/mol. The smallest absolute Gasteiger partial charge is 0.0911 e. The third-order valence-electron chi connectivity index (χ3n) is 4.56. The molecule has 1 saturated heterocycles. The highest BCUT2D eigenvalue weighted by Gasteiger charge is 2.45. The van der Waals surface area contributed by atoms with Crippen LogP contribution in [0.25, 0.3) is 0 Å². The molecule has 1 atom stereocenters. The van der Waals surface area contributed by atoms with Gasteiger partial charge in [-0.1, -0.05) is 6.92 Å². The first-order valence-corrected chi connectivity index (χ1v) is 7.30. The molecular formula is C14H28N4. The molecule has 0 amide bonds. The van der Waals surface area contributed by atoms with Crippen molar-refractivity contribution in [3.05, 3.63) is 0 Å². The molecular weight excluding hydrogens is 224 g/mol. The summed E-state index contributed by atoms with van der Waals surface area (Å²) in [6, 6.07) is 0.682. The van der Waals surface area contributed by atoms with Gasteiger partial charge in [0.15, 0.2) is 0 Å². The van der Waals surface area contributed by atoms with Gasteiger partial charge in [-0.25, -0.2) is 0 Å². The Balaban J connectivity index is 1.95. The molecule has 1 heterocycles. The Morgan fingerprint density at radius 1 is 1.39 bits per heavy atom. The van der Waals surface area contributed by atoms with Gasteiger partial charge in [-0.3, -0.25) is 10.3 Å². The summed E-state index contributed by atoms with van der Waals surface area (Å²) in [5, 5.41) is 7.53. The van der Waals surface area contributed by atoms with E-state index in [1.54, 1.807) is 0 Å². The summed E-state index contributed by atoms with van der Waals surface area (Å²) in [6.07, 6.45) is 5.81. The fraction of sp³-hybridized carbons (Fsp3) is 0.929. The molecule has 0 aromatic heterocycles. The summed E-state index contributed by atoms with van der Waals surface area (Å²) >= 11 is 0. The van der Waals surface area contributed by atoms with Crippen LogP contribution in [-0.4, -0.2) is 54.9 Å². The van der Waals surface area contributed by atoms with Crippen molar-refractivity contribution in [3.8, 4) is 0 Å². The van der Waals surface area contributed by atoms with Crippen LogP contribution in [0.4, 0.5) is 0 Å². The van der Waals surface area contributed by atoms with Crippen LogP contribution in [0.5, 0.6) is 0 Å². The lowest BCUT2D eigenvalue weighted by molar-refractivity contribution is 0.152. The molecule has 1 aliphatic carbocycles. The molecule has 2 aliphatic rings. The molecule has 1 saturated carbocycles. The standard InChI is InChI=1S/C14H28N4/c1-3-12-10-17(2)7-4-8-18(12)11-14(5-6-14)9-13(15)16/h12H,3-11H2,1-2H3,(H3,15,16). The van der Waals surface area contributed by atoms with Crippen molar-refractivity contribution in [2.75, 3.05) is 33.2 Å². The van der Waals surface area contributed by atoms with Crippen LogP contribution >= 0.6 is 0 Å². The number of rotatable bonds is 5. The highest BCUT2D eigenvalue weighted by Crippen LogP contribution is 2.49. The van der Waals surface area contributed by atoms with E-state index in [-0.39, 0.29) is 0 Å². The Labute approximate surface area is 111 Å². The van der Waals surface area contributed by atoms with Crippen LogP contribution in [0.1, 0.15) is 39.0 Å². The van der Waals surface area contributed by atoms with Crippen LogP contribution in [0.15, 0.2) is 0 Å². The molecule has 0 radical (unpaired) electrons. The molecule has 3 N–H and O–H groups in total. The summed E-state index contributed by atoms with van der Waals surface area (Å²) in [5.74, 6) is 0.368. The Morgan fingerprint density at radius 2 is 2.11 bits per heavy atom. The zero-order chi connectivity index (χ0) is 13.2. The second-order valence-electron chi connectivity index (χ2n) is 6.35. The third kappa shape index (κ3) is 3.45. The average molecular weight is 252 g/mol. The number of likely N-dealkylation sites (N-methyl/N-ethyl adjacent to an activating group) is 1. The predicted octanol–water partition coefficient (Wildman–Crippen LogP) is 1.51. The first-order valence-electron chi connectivity index (χ1n) is 7.30. The maximum absolute atomic E-state index is 7.53. The van der Waals surface area contributed by atoms with Crippen LogP contribution in [0, 0.1) is 10.8 Å². The number of hydrogen-bond donors (Lipinski definition) is 2. The molecule has 18 heavy (non-hydrogen) atoms. The second-order valence-corrected chi connectivity index (χ2v) is 6.35. The van der Waals surface area contributed by atoms with Gasteiger partial charge >= 0.3 is 0 Å². The van der Waals surface area contributed by atoms with Crippen molar-refractivity contribution in [2.45, 2.75) is 45.1 Å². The number of nitrogens with two attached hydrogens (primary N) is 1. The molecule has 0 aromatic carbocycles. The van der Waals surface area contributed by atoms with Gasteiger partial charge in [0.25, 0.3) is 0 Å². The molecule has 0 spiro atoms. The van der Waals surface area contributed by atoms with E-state index in [4.69, 9.17) is 11.1 Å². The Morgan fingerprint density at radius 3 is 2.67 bits per heavy atom. The van der Waals surface area contributed by atoms with E-state index in [9.17, 15) is 0 Å². The zero-order valence-corrected chi connectivity index (χ0v) is 11.9. The highest BCUT2D eigenvalue weighted by molar-refractivity contribution is 5.78. The number of nitrogens with one attached hydrogen (secondary N) is 1. The van der Waals surface area contributed by atoms with E-state index in [0.29, 0.717) is 17.3 Å². The van der Waals surface area contributed by atoms with Crippen molar-refractivity contribution in [2.24, 2.45) is 11.1 Å². The van der Waals surface area contributed by atoms with Gasteiger partial charge in [0.05, 0.1) is 5.84 Å². The van der Waals surface area contributed by atoms with E-state index in [2.05, 4.69) is 23.8 Å². The summed E-state index contributed by atoms with van der Waals surface area (Å²) in [7, 11) is 2.23. The first kappa shape index (κ1) is 13.8. The summed E-state index contributed by atoms with van der Waals surface area (Å²) < 4.78 is 0. The van der Waals surface area contributed by atoms with Gasteiger partial charge < -0.3 is 10.6 Å². The van der Waals surface area contributed by atoms with Crippen molar-refractivity contribution in [1.29, 1.82) is 5.41 Å². The SMILES string of the molecule is CCC1CN(C)CCCN1CC1(CC(=N)N)CC1. The number of nitrogens with zero attached hydrogens (tertiary/aromatic N) is 2. The molecule has 0 bridgehead atoms. The number of amidine groups is 1. The Bertz CT molecular complexity index is 298. The minimum absolute atomic E-state index is 0.349. The van der Waals surface area contributed by atoms with E-state index in [0.717, 1.165) is 13.0 Å². The minimum atomic E-state index is 0.349. The average Bonchev–Trinajstić information content (AvgIpc) is 3.05. The fourth-order valence-corrected chi connectivity index (χ4v) is 3.29. The molecule has 2 fully saturated rings. The number of hydrogen-bond acceptors (Lipinski definition) is 3. The third-order valence-corrected chi connectivity index (χ3v) is 4.56. The van der Waals surface area contributed by atoms with Crippen molar-refractivity contribution in [1.82, 2.24) is 9.80 Å². The lowest BCUT2D eigenvalue weighted by Crippen LogP contribution is -2.43. The normalized spacial score (nSPS) is 28.9. The van der Waals surface area contributed by atoms with E-state index in [1.165, 1.54) is 45.3 Å². The Hall–Kier alpha value is -0.610. The van der Waals surface area contributed by atoms with E-state index < -0.39 is 0 Å². The van der Waals surface area contributed by atoms with Gasteiger partial charge in [-0.05, 0) is 51.2 Å². The lowest BCUT2D eigenvalue weighted by atomic mass is 9.99. The monoisotopic (exact) mass is 252 g/mol. The topological polar surface area (TPSA) is 56.4 Å². The van der Waals surface area contributed by atoms with Crippen molar-refractivity contribution in [3.63, 3.8) is 0 Å². The van der Waals surface area contributed by atoms with Crippen molar-refractivity contribution >= 4 is 5.84 Å². The lowest BCUT2D eigenvalue weighted by Gasteiger charge is -2.33. The van der Waals surface area contributed by atoms with Crippen LogP contribution in [0.3, 0.4) is 0 Å². The van der Waals surface area contributed by atoms with Crippen LogP contribution < -0.4 is 5.73 Å². The van der Waals surface area contributed by atoms with Crippen LogP contribution in [0.2, 0.25) is 0 Å². The van der Waals surface area contributed by atoms with Gasteiger partial charge in [-0.15, -0.1) is 0 Å². The first-order chi connectivity index (χ1) is 8.54. The summed E-state index contributed by atoms with van der Waals surface area (Å²) in [5.41, 5.74) is 5.95. The maximum Gasteiger partial charge on any atom is 0.0911 e. The maximum atomic E-state index is 7.53. The van der Waals surface area contributed by atoms with Gasteiger partial charge in [-0.2, -0.15) is 0 Å². The summed E-state index contributed by atoms with van der Waals surface area (Å²) in [6.45, 7) is 7.06. The molecule has 2 rings (SSSR count). The molecule has 0 aromatic rings. The largest absolute Gasteiger partial charge is 0.388 e. The molecule has 1 unspecified atom stereocenters. The second kappa shape index (κ2) is 5.57. The van der Waals surface area contributed by atoms with Gasteiger partial charge in [0.1, 0.15) is 0 Å². The quantitative estimate of drug-likeness (QED) is 0.576. The molecule has 104 valence electrons. The van der Waals surface area contributed by atoms with Crippen LogP contribution in [-0.2, 0) is 0 Å². The van der Waals surface area contributed by atoms with E-state index >= 15 is 0 Å². The molecule has 1 aliphatic heterocycles. The zero-order valence-electron chi connectivity index (χ0n) is 11.9. The van der Waals surface area contributed by atoms with Crippen molar-refractivity contribution < 1.29 is 0 Å². The van der Waals surface area contributed by atoms with E-state index in [1.807, 2.05) is 0 Å². The minimum Gasteiger partial charge on any atom is -0.388 e. The fourth-order valence-electron chi connectivity index (χ4n) is 3.29. The van der Waals surface area contributed by atoms with Gasteiger partial charge in [0, 0.05) is 25.6 Å². The molecule has 4 nitrogen and oxygen atoms in total. The highest BCUT2D eigenvalue weighted by atomic mass is 15.2. The molecule has 4 heteroatoms.